The van der Waals surface area contributed by atoms with Gasteiger partial charge in [0.25, 0.3) is 5.69 Å². The normalized spacial score (nSPS) is 11.3. The van der Waals surface area contributed by atoms with Gasteiger partial charge in [-0.25, -0.2) is 5.43 Å². The molecule has 0 aliphatic carbocycles. The molecule has 0 saturated heterocycles. The van der Waals surface area contributed by atoms with E-state index in [4.69, 9.17) is 0 Å². The molecule has 4 rings (SSSR count). The van der Waals surface area contributed by atoms with Crippen LogP contribution in [0.4, 0.5) is 5.69 Å². The van der Waals surface area contributed by atoms with Crippen LogP contribution in [0.25, 0.3) is 21.8 Å². The van der Waals surface area contributed by atoms with Crippen molar-refractivity contribution < 1.29 is 9.72 Å². The first-order chi connectivity index (χ1) is 14.1. The number of hydrogen-bond acceptors (Lipinski definition) is 4. The van der Waals surface area contributed by atoms with E-state index in [9.17, 15) is 14.9 Å². The number of carbonyl (C=O) groups is 1. The monoisotopic (exact) mass is 386 g/mol. The number of aryl methyl sites for hydroxylation is 1. The number of hydrazone groups is 1. The summed E-state index contributed by atoms with van der Waals surface area (Å²) in [5, 5.41) is 16.9. The van der Waals surface area contributed by atoms with E-state index in [1.54, 1.807) is 12.1 Å². The molecule has 0 fully saturated rings. The van der Waals surface area contributed by atoms with E-state index < -0.39 is 4.92 Å². The van der Waals surface area contributed by atoms with Gasteiger partial charge in [-0.1, -0.05) is 36.4 Å². The maximum absolute atomic E-state index is 12.2. The second kappa shape index (κ2) is 7.93. The molecular formula is C22H18N4O3. The number of nitro groups is 1. The Morgan fingerprint density at radius 3 is 2.14 bits per heavy atom. The molecule has 7 nitrogen and oxygen atoms in total. The third kappa shape index (κ3) is 3.84. The number of aromatic nitrogens is 1. The zero-order valence-electron chi connectivity index (χ0n) is 15.5. The van der Waals surface area contributed by atoms with Crippen LogP contribution in [-0.2, 0) is 11.3 Å². The number of nitro benzene ring substituents is 1. The van der Waals surface area contributed by atoms with Crippen LogP contribution in [0, 0.1) is 10.1 Å². The minimum atomic E-state index is -0.461. The Bertz CT molecular complexity index is 1170. The van der Waals surface area contributed by atoms with Crippen LogP contribution in [0.5, 0.6) is 0 Å². The average Bonchev–Trinajstić information content (AvgIpc) is 3.06. The summed E-state index contributed by atoms with van der Waals surface area (Å²) in [7, 11) is 0. The first kappa shape index (κ1) is 18.4. The fraction of sp³-hybridized carbons (Fsp3) is 0.0909. The van der Waals surface area contributed by atoms with Gasteiger partial charge in [-0.3, -0.25) is 14.9 Å². The molecule has 0 saturated carbocycles. The molecule has 29 heavy (non-hydrogen) atoms. The van der Waals surface area contributed by atoms with E-state index in [-0.39, 0.29) is 18.0 Å². The Morgan fingerprint density at radius 2 is 1.55 bits per heavy atom. The molecule has 0 unspecified atom stereocenters. The minimum Gasteiger partial charge on any atom is -0.340 e. The predicted octanol–water partition coefficient (Wildman–Crippen LogP) is 4.24. The summed E-state index contributed by atoms with van der Waals surface area (Å²) < 4.78 is 2.14. The SMILES string of the molecule is O=C(CCn1c2ccccc2c2ccccc21)N/N=C\c1ccc([N+](=O)[O-])cc1. The van der Waals surface area contributed by atoms with Crippen LogP contribution in [0.3, 0.4) is 0 Å². The fourth-order valence-electron chi connectivity index (χ4n) is 3.37. The van der Waals surface area contributed by atoms with Crippen molar-refractivity contribution in [1.29, 1.82) is 0 Å². The highest BCUT2D eigenvalue weighted by Gasteiger charge is 2.10. The summed E-state index contributed by atoms with van der Waals surface area (Å²) in [5.74, 6) is -0.204. The second-order valence-electron chi connectivity index (χ2n) is 6.58. The molecule has 1 N–H and O–H groups in total. The number of hydrogen-bond donors (Lipinski definition) is 1. The Morgan fingerprint density at radius 1 is 0.966 bits per heavy atom. The first-order valence-electron chi connectivity index (χ1n) is 9.16. The lowest BCUT2D eigenvalue weighted by atomic mass is 10.2. The quantitative estimate of drug-likeness (QED) is 0.305. The first-order valence-corrected chi connectivity index (χ1v) is 9.16. The van der Waals surface area contributed by atoms with Crippen molar-refractivity contribution >= 4 is 39.6 Å². The van der Waals surface area contributed by atoms with Crippen LogP contribution in [-0.4, -0.2) is 21.6 Å². The van der Waals surface area contributed by atoms with E-state index in [1.165, 1.54) is 29.1 Å². The van der Waals surface area contributed by atoms with Gasteiger partial charge < -0.3 is 4.57 Å². The maximum Gasteiger partial charge on any atom is 0.269 e. The number of nitrogens with zero attached hydrogens (tertiary/aromatic N) is 3. The molecule has 0 spiro atoms. The highest BCUT2D eigenvalue weighted by molar-refractivity contribution is 6.08. The number of non-ortho nitro benzene ring substituents is 1. The molecule has 1 amide bonds. The second-order valence-corrected chi connectivity index (χ2v) is 6.58. The summed E-state index contributed by atoms with van der Waals surface area (Å²) in [6.07, 6.45) is 1.74. The van der Waals surface area contributed by atoms with Gasteiger partial charge >= 0.3 is 0 Å². The molecule has 0 bridgehead atoms. The summed E-state index contributed by atoms with van der Waals surface area (Å²) in [5.41, 5.74) is 5.37. The predicted molar refractivity (Wildman–Crippen MR) is 113 cm³/mol. The third-order valence-corrected chi connectivity index (χ3v) is 4.75. The van der Waals surface area contributed by atoms with Gasteiger partial charge in [0.05, 0.1) is 11.1 Å². The Kier molecular flexibility index (Phi) is 5.03. The molecule has 1 aromatic heterocycles. The number of carbonyl (C=O) groups excluding carboxylic acids is 1. The molecular weight excluding hydrogens is 368 g/mol. The third-order valence-electron chi connectivity index (χ3n) is 4.75. The van der Waals surface area contributed by atoms with Crippen LogP contribution in [0.15, 0.2) is 77.9 Å². The standard InChI is InChI=1S/C22H18N4O3/c27-22(24-23-15-16-9-11-17(12-10-16)26(28)29)13-14-25-20-7-3-1-5-18(20)19-6-2-4-8-21(19)25/h1-12,15H,13-14H2,(H,24,27)/b23-15-. The smallest absolute Gasteiger partial charge is 0.269 e. The van der Waals surface area contributed by atoms with E-state index in [0.717, 1.165) is 11.0 Å². The molecule has 4 aromatic rings. The Labute approximate surface area is 166 Å². The van der Waals surface area contributed by atoms with E-state index >= 15 is 0 Å². The lowest BCUT2D eigenvalue weighted by Gasteiger charge is -2.06. The van der Waals surface area contributed by atoms with Crippen LogP contribution in [0.2, 0.25) is 0 Å². The fourth-order valence-corrected chi connectivity index (χ4v) is 3.37. The van der Waals surface area contributed by atoms with Crippen molar-refractivity contribution in [2.45, 2.75) is 13.0 Å². The maximum atomic E-state index is 12.2. The van der Waals surface area contributed by atoms with Crippen molar-refractivity contribution in [2.24, 2.45) is 5.10 Å². The van der Waals surface area contributed by atoms with Crippen molar-refractivity contribution in [3.8, 4) is 0 Å². The number of rotatable bonds is 6. The average molecular weight is 386 g/mol. The van der Waals surface area contributed by atoms with Crippen molar-refractivity contribution in [2.75, 3.05) is 0 Å². The lowest BCUT2D eigenvalue weighted by Crippen LogP contribution is -2.19. The highest BCUT2D eigenvalue weighted by Crippen LogP contribution is 2.28. The number of amides is 1. The largest absolute Gasteiger partial charge is 0.340 e. The molecule has 144 valence electrons. The minimum absolute atomic E-state index is 0.0114. The lowest BCUT2D eigenvalue weighted by molar-refractivity contribution is -0.384. The molecule has 0 aliphatic rings. The number of benzene rings is 3. The van der Waals surface area contributed by atoms with Crippen molar-refractivity contribution in [3.63, 3.8) is 0 Å². The summed E-state index contributed by atoms with van der Waals surface area (Å²) in [6.45, 7) is 0.535. The molecule has 3 aromatic carbocycles. The van der Waals surface area contributed by atoms with Crippen LogP contribution < -0.4 is 5.43 Å². The van der Waals surface area contributed by atoms with Gasteiger partial charge in [-0.2, -0.15) is 5.10 Å². The summed E-state index contributed by atoms with van der Waals surface area (Å²) in [6, 6.07) is 22.2. The van der Waals surface area contributed by atoms with E-state index in [2.05, 4.69) is 39.4 Å². The number of nitrogens with one attached hydrogen (secondary N) is 1. The summed E-state index contributed by atoms with van der Waals surface area (Å²) in [4.78, 5) is 22.4. The van der Waals surface area contributed by atoms with E-state index in [0.29, 0.717) is 12.1 Å². The van der Waals surface area contributed by atoms with Gasteiger partial charge in [0.2, 0.25) is 5.91 Å². The van der Waals surface area contributed by atoms with Gasteiger partial charge in [0, 0.05) is 46.9 Å². The zero-order valence-corrected chi connectivity index (χ0v) is 15.5. The van der Waals surface area contributed by atoms with Gasteiger partial charge in [0.1, 0.15) is 0 Å². The zero-order chi connectivity index (χ0) is 20.2. The molecule has 0 aliphatic heterocycles. The topological polar surface area (TPSA) is 89.5 Å². The molecule has 1 heterocycles. The van der Waals surface area contributed by atoms with E-state index in [1.807, 2.05) is 24.3 Å². The van der Waals surface area contributed by atoms with Crippen molar-refractivity contribution in [3.05, 3.63) is 88.5 Å². The summed E-state index contributed by atoms with van der Waals surface area (Å²) >= 11 is 0. The number of para-hydroxylation sites is 2. The van der Waals surface area contributed by atoms with Gasteiger partial charge in [-0.15, -0.1) is 0 Å². The van der Waals surface area contributed by atoms with Gasteiger partial charge in [-0.05, 0) is 29.8 Å². The Balaban J connectivity index is 1.43. The molecule has 0 atom stereocenters. The molecule has 0 radical (unpaired) electrons. The highest BCUT2D eigenvalue weighted by atomic mass is 16.6. The Hall–Kier alpha value is -4.00. The number of fused-ring (bicyclic) bond motifs is 3. The van der Waals surface area contributed by atoms with Gasteiger partial charge in [0.15, 0.2) is 0 Å². The van der Waals surface area contributed by atoms with Crippen LogP contribution in [0.1, 0.15) is 12.0 Å². The molecule has 7 heteroatoms. The van der Waals surface area contributed by atoms with Crippen molar-refractivity contribution in [1.82, 2.24) is 9.99 Å². The van der Waals surface area contributed by atoms with Crippen LogP contribution >= 0.6 is 0 Å².